The minimum Gasteiger partial charge on any atom is -0.304 e. The Morgan fingerprint density at radius 3 is 2.30 bits per heavy atom. The molecule has 0 spiro atoms. The number of H-pyrrole nitrogens is 1. The molecule has 1 aromatic heterocycles. The van der Waals surface area contributed by atoms with Crippen molar-refractivity contribution in [2.75, 3.05) is 5.32 Å². The lowest BCUT2D eigenvalue weighted by molar-refractivity contribution is -0.385. The largest absolute Gasteiger partial charge is 0.304 e. The summed E-state index contributed by atoms with van der Waals surface area (Å²) in [5.41, 5.74) is -0.927. The molecule has 0 atom stereocenters. The maximum atomic E-state index is 13.5. The zero-order valence-corrected chi connectivity index (χ0v) is 17.0. The van der Waals surface area contributed by atoms with Gasteiger partial charge in [0, 0.05) is 11.5 Å². The van der Waals surface area contributed by atoms with Crippen LogP contribution in [0, 0.1) is 27.6 Å². The van der Waals surface area contributed by atoms with Crippen molar-refractivity contribution >= 4 is 38.2 Å². The maximum absolute atomic E-state index is 13.5. The van der Waals surface area contributed by atoms with Crippen LogP contribution in [0.2, 0.25) is 0 Å². The molecule has 0 bridgehead atoms. The molecule has 0 saturated carbocycles. The van der Waals surface area contributed by atoms with E-state index in [1.54, 1.807) is 0 Å². The van der Waals surface area contributed by atoms with Crippen LogP contribution in [0.25, 0.3) is 10.9 Å². The van der Waals surface area contributed by atoms with E-state index in [0.29, 0.717) is 29.8 Å². The third-order valence-electron chi connectivity index (χ3n) is 4.62. The number of hydrogen-bond donors (Lipinski definition) is 2. The highest BCUT2D eigenvalue weighted by molar-refractivity contribution is 7.91. The fourth-order valence-electron chi connectivity index (χ4n) is 3.10. The average Bonchev–Trinajstić information content (AvgIpc) is 3.14. The number of halogens is 3. The quantitative estimate of drug-likeness (QED) is 0.331. The number of hydrogen-bond acceptors (Lipinski definition) is 6. The molecule has 0 aliphatic rings. The van der Waals surface area contributed by atoms with Crippen LogP contribution in [0.5, 0.6) is 0 Å². The van der Waals surface area contributed by atoms with Crippen LogP contribution in [0.3, 0.4) is 0 Å². The topological polar surface area (TPSA) is 135 Å². The molecule has 3 aromatic carbocycles. The number of aromatic amines is 1. The first-order valence-electron chi connectivity index (χ1n) is 9.01. The number of fused-ring (bicyclic) bond motifs is 1. The second-order valence-corrected chi connectivity index (χ2v) is 8.71. The minimum absolute atomic E-state index is 0.103. The summed E-state index contributed by atoms with van der Waals surface area (Å²) in [5.74, 6) is -4.22. The van der Waals surface area contributed by atoms with E-state index in [4.69, 9.17) is 0 Å². The molecule has 1 amide bonds. The third-order valence-corrected chi connectivity index (χ3v) is 6.35. The zero-order valence-electron chi connectivity index (χ0n) is 16.2. The van der Waals surface area contributed by atoms with E-state index in [1.807, 2.05) is 0 Å². The molecular weight excluding hydrogens is 465 g/mol. The summed E-state index contributed by atoms with van der Waals surface area (Å²) in [7, 11) is -4.34. The lowest BCUT2D eigenvalue weighted by Gasteiger charge is -2.07. The van der Waals surface area contributed by atoms with Crippen LogP contribution in [0.15, 0.2) is 64.4 Å². The van der Waals surface area contributed by atoms with Gasteiger partial charge in [-0.1, -0.05) is 0 Å². The Balaban J connectivity index is 1.74. The van der Waals surface area contributed by atoms with Crippen LogP contribution in [-0.2, 0) is 9.84 Å². The molecule has 0 fully saturated rings. The fourth-order valence-corrected chi connectivity index (χ4v) is 4.43. The Bertz CT molecular complexity index is 1530. The predicted molar refractivity (Wildman–Crippen MR) is 109 cm³/mol. The van der Waals surface area contributed by atoms with Crippen LogP contribution >= 0.6 is 0 Å². The monoisotopic (exact) mass is 476 g/mol. The number of amides is 1. The molecule has 0 aliphatic heterocycles. The van der Waals surface area contributed by atoms with E-state index in [-0.39, 0.29) is 16.1 Å². The zero-order chi connectivity index (χ0) is 23.9. The number of aromatic nitrogens is 2. The predicted octanol–water partition coefficient (Wildman–Crippen LogP) is 3.97. The van der Waals surface area contributed by atoms with Gasteiger partial charge in [-0.3, -0.25) is 20.0 Å². The Labute approximate surface area is 182 Å². The molecule has 13 heteroatoms. The molecule has 33 heavy (non-hydrogen) atoms. The first-order chi connectivity index (χ1) is 15.6. The van der Waals surface area contributed by atoms with Gasteiger partial charge in [-0.25, -0.2) is 21.6 Å². The number of sulfone groups is 1. The van der Waals surface area contributed by atoms with Gasteiger partial charge in [0.2, 0.25) is 9.84 Å². The summed E-state index contributed by atoms with van der Waals surface area (Å²) < 4.78 is 66.1. The van der Waals surface area contributed by atoms with Crippen LogP contribution in [0.4, 0.5) is 24.7 Å². The molecule has 0 radical (unpaired) electrons. The lowest BCUT2D eigenvalue weighted by Crippen LogP contribution is -2.14. The van der Waals surface area contributed by atoms with Crippen molar-refractivity contribution in [1.29, 1.82) is 0 Å². The molecule has 168 valence electrons. The number of nitrogens with zero attached hydrogens (tertiary/aromatic N) is 2. The molecule has 4 rings (SSSR count). The van der Waals surface area contributed by atoms with Gasteiger partial charge < -0.3 is 5.32 Å². The van der Waals surface area contributed by atoms with E-state index < -0.39 is 54.3 Å². The van der Waals surface area contributed by atoms with Crippen LogP contribution in [0.1, 0.15) is 10.4 Å². The molecule has 1 heterocycles. The Kier molecular flexibility index (Phi) is 5.33. The van der Waals surface area contributed by atoms with Crippen molar-refractivity contribution in [2.24, 2.45) is 0 Å². The van der Waals surface area contributed by atoms with Gasteiger partial charge in [0.05, 0.1) is 26.3 Å². The van der Waals surface area contributed by atoms with E-state index >= 15 is 0 Å². The summed E-state index contributed by atoms with van der Waals surface area (Å²) in [4.78, 5) is 21.8. The number of nitro benzene ring substituents is 1. The SMILES string of the molecule is O=C(Nc1n[nH]c2ccc(S(=O)(=O)c3cc(F)cc(F)c3)cc12)c1ccc(F)cc1[N+](=O)[O-]. The van der Waals surface area contributed by atoms with E-state index in [1.165, 1.54) is 12.1 Å². The van der Waals surface area contributed by atoms with Gasteiger partial charge in [0.15, 0.2) is 5.82 Å². The van der Waals surface area contributed by atoms with Gasteiger partial charge in [-0.15, -0.1) is 0 Å². The third kappa shape index (κ3) is 4.13. The van der Waals surface area contributed by atoms with Crippen molar-refractivity contribution in [2.45, 2.75) is 9.79 Å². The number of anilines is 1. The lowest BCUT2D eigenvalue weighted by atomic mass is 10.1. The maximum Gasteiger partial charge on any atom is 0.285 e. The van der Waals surface area contributed by atoms with E-state index in [9.17, 15) is 36.5 Å². The number of carbonyl (C=O) groups is 1. The number of nitrogens with one attached hydrogen (secondary N) is 2. The van der Waals surface area contributed by atoms with Crippen molar-refractivity contribution < 1.29 is 31.3 Å². The molecule has 0 unspecified atom stereocenters. The van der Waals surface area contributed by atoms with Gasteiger partial charge >= 0.3 is 0 Å². The van der Waals surface area contributed by atoms with Crippen LogP contribution < -0.4 is 5.32 Å². The molecule has 0 saturated heterocycles. The molecule has 9 nitrogen and oxygen atoms in total. The highest BCUT2D eigenvalue weighted by atomic mass is 32.2. The van der Waals surface area contributed by atoms with Crippen molar-refractivity contribution in [3.63, 3.8) is 0 Å². The van der Waals surface area contributed by atoms with Gasteiger partial charge in [0.25, 0.3) is 11.6 Å². The summed E-state index contributed by atoms with van der Waals surface area (Å²) in [5, 5.41) is 20.0. The standard InChI is InChI=1S/C20H11F3N4O5S/c21-10-1-3-15(18(8-10)27(29)30)20(28)24-19-16-9-13(2-4-17(16)25-26-19)33(31,32)14-6-11(22)5-12(23)7-14/h1-9H,(H2,24,25,26,28). The van der Waals surface area contributed by atoms with E-state index in [2.05, 4.69) is 15.5 Å². The van der Waals surface area contributed by atoms with Gasteiger partial charge in [0.1, 0.15) is 23.0 Å². The highest BCUT2D eigenvalue weighted by Gasteiger charge is 2.24. The van der Waals surface area contributed by atoms with Crippen molar-refractivity contribution in [1.82, 2.24) is 10.2 Å². The number of carbonyl (C=O) groups excluding carboxylic acids is 1. The minimum atomic E-state index is -4.34. The van der Waals surface area contributed by atoms with Crippen molar-refractivity contribution in [3.8, 4) is 0 Å². The average molecular weight is 476 g/mol. The summed E-state index contributed by atoms with van der Waals surface area (Å²) in [6.07, 6.45) is 0. The molecular formula is C20H11F3N4O5S. The Morgan fingerprint density at radius 2 is 1.64 bits per heavy atom. The molecule has 2 N–H and O–H groups in total. The normalized spacial score (nSPS) is 11.5. The number of rotatable bonds is 5. The number of benzene rings is 3. The molecule has 0 aliphatic carbocycles. The fraction of sp³-hybridized carbons (Fsp3) is 0. The highest BCUT2D eigenvalue weighted by Crippen LogP contribution is 2.29. The van der Waals surface area contributed by atoms with Crippen LogP contribution in [-0.4, -0.2) is 29.4 Å². The smallest absolute Gasteiger partial charge is 0.285 e. The van der Waals surface area contributed by atoms with Gasteiger partial charge in [-0.2, -0.15) is 5.10 Å². The van der Waals surface area contributed by atoms with E-state index in [0.717, 1.165) is 18.2 Å². The van der Waals surface area contributed by atoms with Crippen molar-refractivity contribution in [3.05, 3.63) is 87.7 Å². The number of nitro groups is 1. The second kappa shape index (κ2) is 8.02. The summed E-state index contributed by atoms with van der Waals surface area (Å²) in [6.45, 7) is 0. The van der Waals surface area contributed by atoms with Gasteiger partial charge in [-0.05, 0) is 42.5 Å². The summed E-state index contributed by atoms with van der Waals surface area (Å²) >= 11 is 0. The second-order valence-electron chi connectivity index (χ2n) is 6.76. The Hall–Kier alpha value is -4.26. The summed E-state index contributed by atoms with van der Waals surface area (Å²) in [6, 6.07) is 7.84. The first-order valence-corrected chi connectivity index (χ1v) is 10.5. The molecule has 4 aromatic rings. The Morgan fingerprint density at radius 1 is 0.939 bits per heavy atom. The first kappa shape index (κ1) is 22.0.